The Bertz CT molecular complexity index is 1960. The number of aromatic nitrogens is 5. The lowest BCUT2D eigenvalue weighted by molar-refractivity contribution is 0.585. The van der Waals surface area contributed by atoms with Gasteiger partial charge in [0.25, 0.3) is 0 Å². The van der Waals surface area contributed by atoms with Crippen molar-refractivity contribution in [3.63, 3.8) is 0 Å². The minimum atomic E-state index is -0.675. The molecule has 4 aromatic carbocycles. The third kappa shape index (κ3) is 3.78. The molecular formula is C32H21F2N5. The van der Waals surface area contributed by atoms with Crippen molar-refractivity contribution in [2.24, 2.45) is 0 Å². The van der Waals surface area contributed by atoms with Gasteiger partial charge in [0.2, 0.25) is 0 Å². The molecule has 0 unspecified atom stereocenters. The van der Waals surface area contributed by atoms with Crippen molar-refractivity contribution in [1.29, 1.82) is 0 Å². The SMILES string of the molecule is Cc1nn(-c2ccccc2)c2nc(-c3ccccc3)c(-c3nc4ccccc4[nH]3)c(-c3ccc(F)cc3F)c12. The maximum absolute atomic E-state index is 15.6. The van der Waals surface area contributed by atoms with Crippen LogP contribution in [0.4, 0.5) is 8.78 Å². The van der Waals surface area contributed by atoms with Gasteiger partial charge >= 0.3 is 0 Å². The van der Waals surface area contributed by atoms with Gasteiger partial charge in [0.05, 0.1) is 39.1 Å². The van der Waals surface area contributed by atoms with Crippen LogP contribution in [-0.4, -0.2) is 24.7 Å². The Morgan fingerprint density at radius 3 is 2.21 bits per heavy atom. The molecule has 188 valence electrons. The molecule has 5 nitrogen and oxygen atoms in total. The second-order valence-corrected chi connectivity index (χ2v) is 9.33. The van der Waals surface area contributed by atoms with Crippen molar-refractivity contribution < 1.29 is 8.78 Å². The van der Waals surface area contributed by atoms with Gasteiger partial charge in [-0.25, -0.2) is 23.4 Å². The summed E-state index contributed by atoms with van der Waals surface area (Å²) in [5, 5.41) is 5.50. The van der Waals surface area contributed by atoms with E-state index in [1.807, 2.05) is 91.9 Å². The lowest BCUT2D eigenvalue weighted by Gasteiger charge is -2.16. The second kappa shape index (κ2) is 8.99. The third-order valence-electron chi connectivity index (χ3n) is 6.87. The molecule has 0 saturated heterocycles. The zero-order valence-corrected chi connectivity index (χ0v) is 20.9. The third-order valence-corrected chi connectivity index (χ3v) is 6.87. The number of aromatic amines is 1. The van der Waals surface area contributed by atoms with E-state index in [9.17, 15) is 4.39 Å². The maximum Gasteiger partial charge on any atom is 0.164 e. The summed E-state index contributed by atoms with van der Waals surface area (Å²) in [5.74, 6) is -0.785. The number of fused-ring (bicyclic) bond motifs is 2. The molecule has 3 heterocycles. The first-order valence-corrected chi connectivity index (χ1v) is 12.5. The summed E-state index contributed by atoms with van der Waals surface area (Å²) in [4.78, 5) is 13.5. The summed E-state index contributed by atoms with van der Waals surface area (Å²) in [5.41, 5.74) is 6.52. The molecule has 0 aliphatic heterocycles. The van der Waals surface area contributed by atoms with Crippen LogP contribution in [0.2, 0.25) is 0 Å². The quantitative estimate of drug-likeness (QED) is 0.260. The van der Waals surface area contributed by atoms with Crippen molar-refractivity contribution >= 4 is 22.1 Å². The van der Waals surface area contributed by atoms with Gasteiger partial charge in [-0.15, -0.1) is 0 Å². The van der Waals surface area contributed by atoms with Gasteiger partial charge in [-0.1, -0.05) is 60.7 Å². The van der Waals surface area contributed by atoms with E-state index >= 15 is 4.39 Å². The highest BCUT2D eigenvalue weighted by molar-refractivity contribution is 6.07. The number of imidazole rings is 1. The molecule has 0 aliphatic rings. The summed E-state index contributed by atoms with van der Waals surface area (Å²) in [6, 6.07) is 30.8. The first-order chi connectivity index (χ1) is 19.1. The monoisotopic (exact) mass is 513 g/mol. The highest BCUT2D eigenvalue weighted by Crippen LogP contribution is 2.44. The summed E-state index contributed by atoms with van der Waals surface area (Å²) in [7, 11) is 0. The predicted molar refractivity (Wildman–Crippen MR) is 149 cm³/mol. The van der Waals surface area contributed by atoms with Crippen molar-refractivity contribution in [2.45, 2.75) is 6.92 Å². The van der Waals surface area contributed by atoms with E-state index in [2.05, 4.69) is 4.98 Å². The van der Waals surface area contributed by atoms with E-state index in [-0.39, 0.29) is 5.56 Å². The van der Waals surface area contributed by atoms with Crippen LogP contribution in [0.1, 0.15) is 5.69 Å². The molecule has 7 heteroatoms. The molecule has 7 rings (SSSR count). The Balaban J connectivity index is 1.69. The van der Waals surface area contributed by atoms with E-state index in [1.54, 1.807) is 4.68 Å². The number of hydrogen-bond donors (Lipinski definition) is 1. The number of aryl methyl sites for hydroxylation is 1. The van der Waals surface area contributed by atoms with E-state index < -0.39 is 11.6 Å². The van der Waals surface area contributed by atoms with Gasteiger partial charge in [-0.05, 0) is 43.3 Å². The van der Waals surface area contributed by atoms with Gasteiger partial charge in [-0.2, -0.15) is 5.10 Å². The molecule has 0 saturated carbocycles. The minimum Gasteiger partial charge on any atom is -0.338 e. The van der Waals surface area contributed by atoms with Crippen LogP contribution in [0, 0.1) is 18.6 Å². The van der Waals surface area contributed by atoms with Gasteiger partial charge in [0.15, 0.2) is 5.65 Å². The second-order valence-electron chi connectivity index (χ2n) is 9.33. The first kappa shape index (κ1) is 23.0. The number of rotatable bonds is 4. The fourth-order valence-corrected chi connectivity index (χ4v) is 5.13. The molecule has 0 fully saturated rings. The van der Waals surface area contributed by atoms with Crippen LogP contribution in [0.3, 0.4) is 0 Å². The minimum absolute atomic E-state index is 0.243. The van der Waals surface area contributed by atoms with Crippen LogP contribution in [0.5, 0.6) is 0 Å². The zero-order chi connectivity index (χ0) is 26.5. The molecule has 0 atom stereocenters. The number of hydrogen-bond acceptors (Lipinski definition) is 3. The number of para-hydroxylation sites is 3. The van der Waals surface area contributed by atoms with Gasteiger partial charge in [0, 0.05) is 22.8 Å². The predicted octanol–water partition coefficient (Wildman–Crippen LogP) is 7.88. The van der Waals surface area contributed by atoms with E-state index in [1.165, 1.54) is 12.1 Å². The standard InChI is InChI=1S/C32H21F2N5/c1-19-27-28(23-17-16-21(33)18-24(23)34)29(31-35-25-14-8-9-15-26(25)36-31)30(20-10-4-2-5-11-20)37-32(27)39(38-19)22-12-6-3-7-13-22/h2-18H,1H3,(H,35,36). The molecule has 7 aromatic rings. The number of nitrogens with zero attached hydrogens (tertiary/aromatic N) is 4. The summed E-state index contributed by atoms with van der Waals surface area (Å²) in [6.07, 6.45) is 0. The summed E-state index contributed by atoms with van der Waals surface area (Å²) < 4.78 is 31.5. The fourth-order valence-electron chi connectivity index (χ4n) is 5.13. The van der Waals surface area contributed by atoms with Crippen LogP contribution in [0.25, 0.3) is 61.5 Å². The van der Waals surface area contributed by atoms with Crippen LogP contribution in [-0.2, 0) is 0 Å². The Hall–Kier alpha value is -5.17. The Labute approximate surface area is 222 Å². The van der Waals surface area contributed by atoms with Crippen molar-refractivity contribution in [1.82, 2.24) is 24.7 Å². The van der Waals surface area contributed by atoms with Crippen molar-refractivity contribution in [2.75, 3.05) is 0 Å². The fraction of sp³-hybridized carbons (Fsp3) is 0.0312. The lowest BCUT2D eigenvalue weighted by atomic mass is 9.92. The highest BCUT2D eigenvalue weighted by atomic mass is 19.1. The summed E-state index contributed by atoms with van der Waals surface area (Å²) >= 11 is 0. The van der Waals surface area contributed by atoms with Crippen molar-refractivity contribution in [3.05, 3.63) is 120 Å². The van der Waals surface area contributed by atoms with E-state index in [4.69, 9.17) is 15.1 Å². The smallest absolute Gasteiger partial charge is 0.164 e. The van der Waals surface area contributed by atoms with Gasteiger partial charge in [-0.3, -0.25) is 0 Å². The average Bonchev–Trinajstić information content (AvgIpc) is 3.54. The van der Waals surface area contributed by atoms with Gasteiger partial charge in [0.1, 0.15) is 17.5 Å². The molecule has 0 bridgehead atoms. The Morgan fingerprint density at radius 2 is 1.46 bits per heavy atom. The number of benzene rings is 4. The number of nitrogens with one attached hydrogen (secondary N) is 1. The molecule has 1 N–H and O–H groups in total. The molecule has 39 heavy (non-hydrogen) atoms. The van der Waals surface area contributed by atoms with Gasteiger partial charge < -0.3 is 4.98 Å². The largest absolute Gasteiger partial charge is 0.338 e. The van der Waals surface area contributed by atoms with Crippen LogP contribution in [0.15, 0.2) is 103 Å². The Kier molecular flexibility index (Phi) is 5.30. The summed E-state index contributed by atoms with van der Waals surface area (Å²) in [6.45, 7) is 1.87. The zero-order valence-electron chi connectivity index (χ0n) is 20.9. The van der Waals surface area contributed by atoms with E-state index in [0.29, 0.717) is 39.4 Å². The number of pyridine rings is 1. The molecule has 3 aromatic heterocycles. The topological polar surface area (TPSA) is 59.4 Å². The highest BCUT2D eigenvalue weighted by Gasteiger charge is 2.27. The Morgan fingerprint density at radius 1 is 0.744 bits per heavy atom. The molecular weight excluding hydrogens is 492 g/mol. The average molecular weight is 514 g/mol. The number of halogens is 2. The van der Waals surface area contributed by atoms with Crippen LogP contribution >= 0.6 is 0 Å². The molecule has 0 radical (unpaired) electrons. The first-order valence-electron chi connectivity index (χ1n) is 12.5. The molecule has 0 amide bonds. The number of H-pyrrole nitrogens is 1. The molecule has 0 spiro atoms. The van der Waals surface area contributed by atoms with Crippen LogP contribution < -0.4 is 0 Å². The lowest BCUT2D eigenvalue weighted by Crippen LogP contribution is -2.02. The molecule has 0 aliphatic carbocycles. The van der Waals surface area contributed by atoms with E-state index in [0.717, 1.165) is 28.4 Å². The normalized spacial score (nSPS) is 11.5. The van der Waals surface area contributed by atoms with Crippen molar-refractivity contribution in [3.8, 4) is 39.5 Å². The maximum atomic E-state index is 15.6.